The van der Waals surface area contributed by atoms with Crippen molar-refractivity contribution < 1.29 is 9.59 Å². The summed E-state index contributed by atoms with van der Waals surface area (Å²) in [5, 5.41) is 0.718. The molecule has 5 heteroatoms. The fourth-order valence-electron chi connectivity index (χ4n) is 4.11. The highest BCUT2D eigenvalue weighted by molar-refractivity contribution is 6.30. The van der Waals surface area contributed by atoms with Crippen molar-refractivity contribution in [1.82, 2.24) is 9.80 Å². The Morgan fingerprint density at radius 1 is 0.964 bits per heavy atom. The Labute approximate surface area is 171 Å². The molecular formula is C23H25ClN2O2. The van der Waals surface area contributed by atoms with Crippen molar-refractivity contribution in [1.29, 1.82) is 0 Å². The molecule has 1 saturated carbocycles. The van der Waals surface area contributed by atoms with Gasteiger partial charge in [-0.05, 0) is 55.5 Å². The largest absolute Gasteiger partial charge is 0.341 e. The van der Waals surface area contributed by atoms with Crippen molar-refractivity contribution in [3.63, 3.8) is 0 Å². The van der Waals surface area contributed by atoms with E-state index in [0.717, 1.165) is 41.1 Å². The lowest BCUT2D eigenvalue weighted by molar-refractivity contribution is -0.132. The second-order valence-electron chi connectivity index (χ2n) is 7.84. The second-order valence-corrected chi connectivity index (χ2v) is 8.28. The zero-order valence-electron chi connectivity index (χ0n) is 16.1. The van der Waals surface area contributed by atoms with Gasteiger partial charge in [-0.2, -0.15) is 0 Å². The summed E-state index contributed by atoms with van der Waals surface area (Å²) < 4.78 is 0. The van der Waals surface area contributed by atoms with E-state index in [1.54, 1.807) is 0 Å². The molecule has 0 bridgehead atoms. The summed E-state index contributed by atoms with van der Waals surface area (Å²) in [6, 6.07) is 15.5. The van der Waals surface area contributed by atoms with E-state index in [0.29, 0.717) is 19.6 Å². The van der Waals surface area contributed by atoms with Gasteiger partial charge in [0.1, 0.15) is 0 Å². The van der Waals surface area contributed by atoms with Crippen LogP contribution < -0.4 is 0 Å². The molecule has 4 rings (SSSR count). The Bertz CT molecular complexity index is 898. The summed E-state index contributed by atoms with van der Waals surface area (Å²) in [4.78, 5) is 29.6. The first-order chi connectivity index (χ1) is 13.5. The van der Waals surface area contributed by atoms with E-state index in [1.807, 2.05) is 59.2 Å². The number of hydrogen-bond donors (Lipinski definition) is 0. The van der Waals surface area contributed by atoms with E-state index in [1.165, 1.54) is 0 Å². The summed E-state index contributed by atoms with van der Waals surface area (Å²) in [5.74, 6) is 0.605. The Kier molecular flexibility index (Phi) is 5.40. The molecule has 2 aliphatic rings. The van der Waals surface area contributed by atoms with E-state index < -0.39 is 0 Å². The molecule has 2 amide bonds. The fraction of sp³-hybridized carbons (Fsp3) is 0.391. The first kappa shape index (κ1) is 19.0. The Hall–Kier alpha value is -2.33. The summed E-state index contributed by atoms with van der Waals surface area (Å²) in [6.07, 6.45) is 1.71. The van der Waals surface area contributed by atoms with Crippen LogP contribution in [-0.2, 0) is 4.79 Å². The van der Waals surface area contributed by atoms with Crippen molar-refractivity contribution in [3.8, 4) is 0 Å². The number of aryl methyl sites for hydroxylation is 1. The fourth-order valence-corrected chi connectivity index (χ4v) is 4.31. The molecule has 2 aromatic carbocycles. The lowest BCUT2D eigenvalue weighted by atomic mass is 10.1. The average Bonchev–Trinajstić information content (AvgIpc) is 3.50. The molecule has 0 radical (unpaired) electrons. The molecule has 146 valence electrons. The normalized spacial score (nSPS) is 21.9. The van der Waals surface area contributed by atoms with Gasteiger partial charge in [-0.1, -0.05) is 41.4 Å². The van der Waals surface area contributed by atoms with Crippen LogP contribution in [0.5, 0.6) is 0 Å². The first-order valence-electron chi connectivity index (χ1n) is 9.93. The van der Waals surface area contributed by atoms with Gasteiger partial charge in [0.25, 0.3) is 5.91 Å². The van der Waals surface area contributed by atoms with Crippen LogP contribution in [0.25, 0.3) is 0 Å². The van der Waals surface area contributed by atoms with Crippen LogP contribution in [0.2, 0.25) is 5.02 Å². The maximum Gasteiger partial charge on any atom is 0.253 e. The van der Waals surface area contributed by atoms with Gasteiger partial charge in [-0.25, -0.2) is 0 Å². The number of carbonyl (C=O) groups excluding carboxylic acids is 2. The summed E-state index contributed by atoms with van der Waals surface area (Å²) in [5.41, 5.74) is 2.96. The standard InChI is InChI=1S/C23H25ClN2O2/c1-16-5-2-7-18(13-16)22(27)25-9-4-10-26(12-11-25)23(28)21-15-20(21)17-6-3-8-19(24)14-17/h2-3,5-8,13-14,20-21H,4,9-12,15H2,1H3. The van der Waals surface area contributed by atoms with E-state index in [4.69, 9.17) is 11.6 Å². The predicted molar refractivity (Wildman–Crippen MR) is 111 cm³/mol. The predicted octanol–water partition coefficient (Wildman–Crippen LogP) is 4.13. The van der Waals surface area contributed by atoms with Crippen LogP contribution in [0.15, 0.2) is 48.5 Å². The monoisotopic (exact) mass is 396 g/mol. The van der Waals surface area contributed by atoms with E-state index >= 15 is 0 Å². The van der Waals surface area contributed by atoms with E-state index in [2.05, 4.69) is 6.07 Å². The lowest BCUT2D eigenvalue weighted by Gasteiger charge is -2.22. The van der Waals surface area contributed by atoms with Crippen LogP contribution >= 0.6 is 11.6 Å². The number of halogens is 1. The quantitative estimate of drug-likeness (QED) is 0.782. The number of benzene rings is 2. The van der Waals surface area contributed by atoms with E-state index in [9.17, 15) is 9.59 Å². The van der Waals surface area contributed by atoms with Crippen LogP contribution in [0.1, 0.15) is 40.2 Å². The highest BCUT2D eigenvalue weighted by Crippen LogP contribution is 2.48. The molecule has 0 aromatic heterocycles. The molecule has 2 fully saturated rings. The van der Waals surface area contributed by atoms with Gasteiger partial charge in [0.15, 0.2) is 0 Å². The summed E-state index contributed by atoms with van der Waals surface area (Å²) in [6.45, 7) is 4.60. The molecule has 1 aliphatic carbocycles. The van der Waals surface area contributed by atoms with Crippen molar-refractivity contribution in [2.75, 3.05) is 26.2 Å². The Morgan fingerprint density at radius 2 is 1.71 bits per heavy atom. The molecule has 28 heavy (non-hydrogen) atoms. The molecule has 0 N–H and O–H groups in total. The van der Waals surface area contributed by atoms with Crippen LogP contribution in [0.3, 0.4) is 0 Å². The smallest absolute Gasteiger partial charge is 0.253 e. The third-order valence-electron chi connectivity index (χ3n) is 5.74. The molecular weight excluding hydrogens is 372 g/mol. The number of rotatable bonds is 3. The zero-order valence-corrected chi connectivity index (χ0v) is 16.9. The number of carbonyl (C=O) groups is 2. The van der Waals surface area contributed by atoms with Gasteiger partial charge in [-0.3, -0.25) is 9.59 Å². The van der Waals surface area contributed by atoms with Gasteiger partial charge in [-0.15, -0.1) is 0 Å². The maximum absolute atomic E-state index is 13.0. The summed E-state index contributed by atoms with van der Waals surface area (Å²) >= 11 is 6.09. The molecule has 2 unspecified atom stereocenters. The number of nitrogens with zero attached hydrogens (tertiary/aromatic N) is 2. The second kappa shape index (κ2) is 7.96. The van der Waals surface area contributed by atoms with Crippen LogP contribution in [-0.4, -0.2) is 47.8 Å². The topological polar surface area (TPSA) is 40.6 Å². The van der Waals surface area contributed by atoms with Gasteiger partial charge in [0, 0.05) is 42.7 Å². The highest BCUT2D eigenvalue weighted by atomic mass is 35.5. The van der Waals surface area contributed by atoms with Gasteiger partial charge < -0.3 is 9.80 Å². The molecule has 2 aromatic rings. The van der Waals surface area contributed by atoms with Crippen molar-refractivity contribution >= 4 is 23.4 Å². The molecule has 1 heterocycles. The van der Waals surface area contributed by atoms with Crippen molar-refractivity contribution in [2.45, 2.75) is 25.7 Å². The van der Waals surface area contributed by atoms with Crippen molar-refractivity contribution in [2.24, 2.45) is 5.92 Å². The molecule has 0 spiro atoms. The Balaban J connectivity index is 1.36. The minimum Gasteiger partial charge on any atom is -0.341 e. The molecule has 2 atom stereocenters. The third-order valence-corrected chi connectivity index (χ3v) is 5.98. The number of hydrogen-bond acceptors (Lipinski definition) is 2. The minimum absolute atomic E-state index is 0.0532. The third kappa shape index (κ3) is 4.07. The van der Waals surface area contributed by atoms with Crippen LogP contribution in [0, 0.1) is 12.8 Å². The zero-order chi connectivity index (χ0) is 19.7. The molecule has 1 saturated heterocycles. The van der Waals surface area contributed by atoms with Gasteiger partial charge in [0.05, 0.1) is 0 Å². The molecule has 1 aliphatic heterocycles. The van der Waals surface area contributed by atoms with Gasteiger partial charge >= 0.3 is 0 Å². The minimum atomic E-state index is 0.0532. The average molecular weight is 397 g/mol. The van der Waals surface area contributed by atoms with Gasteiger partial charge in [0.2, 0.25) is 5.91 Å². The Morgan fingerprint density at radius 3 is 2.50 bits per heavy atom. The first-order valence-corrected chi connectivity index (χ1v) is 10.3. The molecule has 4 nitrogen and oxygen atoms in total. The SMILES string of the molecule is Cc1cccc(C(=O)N2CCCN(C(=O)C3CC3c3cccc(Cl)c3)CC2)c1. The van der Waals surface area contributed by atoms with Crippen LogP contribution in [0.4, 0.5) is 0 Å². The number of amides is 2. The lowest BCUT2D eigenvalue weighted by Crippen LogP contribution is -2.38. The van der Waals surface area contributed by atoms with Crippen molar-refractivity contribution in [3.05, 3.63) is 70.2 Å². The highest BCUT2D eigenvalue weighted by Gasteiger charge is 2.46. The summed E-state index contributed by atoms with van der Waals surface area (Å²) in [7, 11) is 0. The maximum atomic E-state index is 13.0. The van der Waals surface area contributed by atoms with E-state index in [-0.39, 0.29) is 23.7 Å².